The Bertz CT molecular complexity index is 502. The summed E-state index contributed by atoms with van der Waals surface area (Å²) >= 11 is 0. The van der Waals surface area contributed by atoms with Crippen LogP contribution in [0.3, 0.4) is 0 Å². The van der Waals surface area contributed by atoms with E-state index < -0.39 is 0 Å². The van der Waals surface area contributed by atoms with Crippen LogP contribution in [-0.2, 0) is 0 Å². The van der Waals surface area contributed by atoms with Crippen molar-refractivity contribution in [3.63, 3.8) is 0 Å². The van der Waals surface area contributed by atoms with Gasteiger partial charge in [0.1, 0.15) is 17.1 Å². The molecule has 1 aromatic carbocycles. The summed E-state index contributed by atoms with van der Waals surface area (Å²) in [5.41, 5.74) is 7.46. The van der Waals surface area contributed by atoms with Crippen LogP contribution in [0, 0.1) is 11.8 Å². The van der Waals surface area contributed by atoms with Crippen molar-refractivity contribution in [3.8, 4) is 11.5 Å². The van der Waals surface area contributed by atoms with E-state index in [1.807, 2.05) is 18.2 Å². The zero-order chi connectivity index (χ0) is 14.3. The third kappa shape index (κ3) is 2.08. The third-order valence-corrected chi connectivity index (χ3v) is 5.44. The number of nitrogens with two attached hydrogens (primary N) is 1. The molecule has 1 saturated carbocycles. The lowest BCUT2D eigenvalue weighted by molar-refractivity contribution is -0.0614. The first-order valence-electron chi connectivity index (χ1n) is 7.68. The van der Waals surface area contributed by atoms with Crippen LogP contribution in [0.4, 0.5) is 0 Å². The van der Waals surface area contributed by atoms with Crippen LogP contribution in [0.1, 0.15) is 51.1 Å². The molecule has 1 spiro atoms. The Morgan fingerprint density at radius 2 is 2.15 bits per heavy atom. The molecule has 0 amide bonds. The average Bonchev–Trinajstić information content (AvgIpc) is 2.44. The fraction of sp³-hybridized carbons (Fsp3) is 0.647. The molecule has 1 aromatic rings. The van der Waals surface area contributed by atoms with E-state index in [0.717, 1.165) is 29.9 Å². The molecule has 0 saturated heterocycles. The van der Waals surface area contributed by atoms with Crippen LogP contribution in [0.15, 0.2) is 18.2 Å². The van der Waals surface area contributed by atoms with Gasteiger partial charge in [0.25, 0.3) is 0 Å². The number of fused-ring (bicyclic) bond motifs is 1. The summed E-state index contributed by atoms with van der Waals surface area (Å²) in [4.78, 5) is 0. The highest BCUT2D eigenvalue weighted by Crippen LogP contribution is 2.50. The van der Waals surface area contributed by atoms with E-state index in [4.69, 9.17) is 15.2 Å². The first-order valence-corrected chi connectivity index (χ1v) is 7.68. The van der Waals surface area contributed by atoms with Gasteiger partial charge in [0, 0.05) is 18.0 Å². The molecule has 2 aliphatic rings. The van der Waals surface area contributed by atoms with Gasteiger partial charge in [-0.25, -0.2) is 0 Å². The van der Waals surface area contributed by atoms with Gasteiger partial charge in [0.2, 0.25) is 0 Å². The van der Waals surface area contributed by atoms with Crippen molar-refractivity contribution in [2.24, 2.45) is 17.6 Å². The lowest BCUT2D eigenvalue weighted by Gasteiger charge is -2.49. The Morgan fingerprint density at radius 1 is 1.35 bits per heavy atom. The molecule has 1 heterocycles. The fourth-order valence-corrected chi connectivity index (χ4v) is 3.93. The fourth-order valence-electron chi connectivity index (χ4n) is 3.93. The Kier molecular flexibility index (Phi) is 3.41. The molecule has 3 heteroatoms. The first kappa shape index (κ1) is 13.7. The van der Waals surface area contributed by atoms with E-state index in [1.165, 1.54) is 12.8 Å². The molecule has 2 N–H and O–H groups in total. The summed E-state index contributed by atoms with van der Waals surface area (Å²) in [6, 6.07) is 6.04. The average molecular weight is 275 g/mol. The molecule has 20 heavy (non-hydrogen) atoms. The number of benzene rings is 1. The van der Waals surface area contributed by atoms with Crippen molar-refractivity contribution in [1.82, 2.24) is 0 Å². The molecule has 1 aliphatic heterocycles. The van der Waals surface area contributed by atoms with Gasteiger partial charge in [0.15, 0.2) is 0 Å². The Morgan fingerprint density at radius 3 is 2.90 bits per heavy atom. The summed E-state index contributed by atoms with van der Waals surface area (Å²) in [5, 5.41) is 0. The topological polar surface area (TPSA) is 44.5 Å². The van der Waals surface area contributed by atoms with E-state index in [1.54, 1.807) is 7.11 Å². The maximum atomic E-state index is 6.48. The summed E-state index contributed by atoms with van der Waals surface area (Å²) < 4.78 is 11.8. The molecule has 0 aromatic heterocycles. The molecule has 0 bridgehead atoms. The van der Waals surface area contributed by atoms with E-state index in [-0.39, 0.29) is 11.6 Å². The molecular weight excluding hydrogens is 250 g/mol. The zero-order valence-electron chi connectivity index (χ0n) is 12.7. The maximum Gasteiger partial charge on any atom is 0.125 e. The van der Waals surface area contributed by atoms with Crippen molar-refractivity contribution in [2.45, 2.75) is 51.2 Å². The molecule has 3 nitrogen and oxygen atoms in total. The molecule has 110 valence electrons. The standard InChI is InChI=1S/C17H25NO2/c1-11-5-4-8-17(12(11)2)10-15(18)14-9-13(19-3)6-7-16(14)20-17/h6-7,9,11-12,15H,4-5,8,10,18H2,1-3H3/t11?,12?,15-,17?/m1/s1. The van der Waals surface area contributed by atoms with Crippen molar-refractivity contribution >= 4 is 0 Å². The maximum absolute atomic E-state index is 6.48. The number of rotatable bonds is 1. The summed E-state index contributed by atoms with van der Waals surface area (Å²) in [6.45, 7) is 4.66. The van der Waals surface area contributed by atoms with Crippen LogP contribution in [0.2, 0.25) is 0 Å². The Balaban J connectivity index is 1.96. The van der Waals surface area contributed by atoms with Gasteiger partial charge in [-0.05, 0) is 42.9 Å². The Hall–Kier alpha value is -1.22. The van der Waals surface area contributed by atoms with Crippen LogP contribution in [0.25, 0.3) is 0 Å². The lowest BCUT2D eigenvalue weighted by atomic mass is 9.66. The van der Waals surface area contributed by atoms with Crippen molar-refractivity contribution in [1.29, 1.82) is 0 Å². The molecule has 1 aliphatic carbocycles. The molecule has 4 atom stereocenters. The number of hydrogen-bond acceptors (Lipinski definition) is 3. The quantitative estimate of drug-likeness (QED) is 0.850. The predicted octanol–water partition coefficient (Wildman–Crippen LogP) is 3.67. The minimum Gasteiger partial charge on any atom is -0.497 e. The summed E-state index contributed by atoms with van der Waals surface area (Å²) in [7, 11) is 1.68. The SMILES string of the molecule is COc1ccc2c(c1)[C@H](N)CC1(CCCC(C)C1C)O2. The van der Waals surface area contributed by atoms with Crippen LogP contribution in [-0.4, -0.2) is 12.7 Å². The summed E-state index contributed by atoms with van der Waals surface area (Å²) in [5.74, 6) is 3.06. The van der Waals surface area contributed by atoms with Gasteiger partial charge in [0.05, 0.1) is 7.11 Å². The van der Waals surface area contributed by atoms with Gasteiger partial charge < -0.3 is 15.2 Å². The lowest BCUT2D eigenvalue weighted by Crippen LogP contribution is -2.51. The Labute approximate surface area is 121 Å². The smallest absolute Gasteiger partial charge is 0.125 e. The van der Waals surface area contributed by atoms with Gasteiger partial charge in [-0.3, -0.25) is 0 Å². The second-order valence-corrected chi connectivity index (χ2v) is 6.54. The van der Waals surface area contributed by atoms with Crippen LogP contribution < -0.4 is 15.2 Å². The second kappa shape index (κ2) is 4.96. The zero-order valence-corrected chi connectivity index (χ0v) is 12.7. The largest absolute Gasteiger partial charge is 0.497 e. The molecule has 0 radical (unpaired) electrons. The van der Waals surface area contributed by atoms with Gasteiger partial charge in [-0.15, -0.1) is 0 Å². The van der Waals surface area contributed by atoms with E-state index in [0.29, 0.717) is 11.8 Å². The predicted molar refractivity (Wildman–Crippen MR) is 80.1 cm³/mol. The molecular formula is C17H25NO2. The molecule has 1 fully saturated rings. The number of methoxy groups -OCH3 is 1. The van der Waals surface area contributed by atoms with Crippen molar-refractivity contribution < 1.29 is 9.47 Å². The highest BCUT2D eigenvalue weighted by atomic mass is 16.5. The number of ether oxygens (including phenoxy) is 2. The first-order chi connectivity index (χ1) is 9.55. The van der Waals surface area contributed by atoms with E-state index in [2.05, 4.69) is 13.8 Å². The van der Waals surface area contributed by atoms with Crippen LogP contribution >= 0.6 is 0 Å². The van der Waals surface area contributed by atoms with Crippen molar-refractivity contribution in [3.05, 3.63) is 23.8 Å². The highest BCUT2D eigenvalue weighted by molar-refractivity contribution is 5.44. The van der Waals surface area contributed by atoms with E-state index in [9.17, 15) is 0 Å². The van der Waals surface area contributed by atoms with Crippen molar-refractivity contribution in [2.75, 3.05) is 7.11 Å². The van der Waals surface area contributed by atoms with E-state index >= 15 is 0 Å². The minimum atomic E-state index is -0.0708. The van der Waals surface area contributed by atoms with Gasteiger partial charge in [-0.2, -0.15) is 0 Å². The van der Waals surface area contributed by atoms with Gasteiger partial charge in [-0.1, -0.05) is 20.3 Å². The normalized spacial score (nSPS) is 36.3. The third-order valence-electron chi connectivity index (χ3n) is 5.44. The molecule has 3 unspecified atom stereocenters. The monoisotopic (exact) mass is 275 g/mol. The minimum absolute atomic E-state index is 0.0431. The van der Waals surface area contributed by atoms with Crippen LogP contribution in [0.5, 0.6) is 11.5 Å². The molecule has 3 rings (SSSR count). The van der Waals surface area contributed by atoms with Gasteiger partial charge >= 0.3 is 0 Å². The second-order valence-electron chi connectivity index (χ2n) is 6.54. The number of hydrogen-bond donors (Lipinski definition) is 1. The summed E-state index contributed by atoms with van der Waals surface area (Å²) in [6.07, 6.45) is 4.58. The highest BCUT2D eigenvalue weighted by Gasteiger charge is 2.47.